The molecule has 0 unspecified atom stereocenters. The average Bonchev–Trinajstić information content (AvgIpc) is 3.12. The third-order valence-corrected chi connectivity index (χ3v) is 4.73. The van der Waals surface area contributed by atoms with Gasteiger partial charge < -0.3 is 14.5 Å². The largest absolute Gasteiger partial charge is 0.506 e. The van der Waals surface area contributed by atoms with Gasteiger partial charge in [-0.1, -0.05) is 47.1 Å². The van der Waals surface area contributed by atoms with Gasteiger partial charge in [-0.25, -0.2) is 0 Å². The van der Waals surface area contributed by atoms with Crippen LogP contribution in [0.2, 0.25) is 0 Å². The normalized spacial score (nSPS) is 15.3. The molecule has 2 heterocycles. The van der Waals surface area contributed by atoms with Crippen molar-refractivity contribution in [1.82, 2.24) is 15.0 Å². The summed E-state index contributed by atoms with van der Waals surface area (Å²) in [7, 11) is 0. The SMILES string of the molecule is Cc1ccc(-c2noc(CN3CCN(c4ccccc4O)CC3)n2)cc1. The number of hydrogen-bond acceptors (Lipinski definition) is 6. The number of rotatable bonds is 4. The Balaban J connectivity index is 1.36. The van der Waals surface area contributed by atoms with Gasteiger partial charge in [0.2, 0.25) is 11.7 Å². The van der Waals surface area contributed by atoms with E-state index in [0.717, 1.165) is 37.4 Å². The van der Waals surface area contributed by atoms with Gasteiger partial charge in [-0.15, -0.1) is 0 Å². The first kappa shape index (κ1) is 16.6. The summed E-state index contributed by atoms with van der Waals surface area (Å²) < 4.78 is 5.43. The van der Waals surface area contributed by atoms with E-state index in [4.69, 9.17) is 4.52 Å². The van der Waals surface area contributed by atoms with Gasteiger partial charge in [0.1, 0.15) is 5.75 Å². The highest BCUT2D eigenvalue weighted by Gasteiger charge is 2.21. The van der Waals surface area contributed by atoms with Crippen LogP contribution in [0.4, 0.5) is 5.69 Å². The Bertz CT molecular complexity index is 868. The summed E-state index contributed by atoms with van der Waals surface area (Å²) in [5, 5.41) is 14.1. The van der Waals surface area contributed by atoms with Crippen molar-refractivity contribution in [3.8, 4) is 17.1 Å². The Labute approximate surface area is 152 Å². The maximum absolute atomic E-state index is 10.0. The molecule has 0 atom stereocenters. The Hall–Kier alpha value is -2.86. The molecule has 1 N–H and O–H groups in total. The number of phenols is 1. The first-order chi connectivity index (χ1) is 12.7. The molecule has 0 spiro atoms. The van der Waals surface area contributed by atoms with Crippen molar-refractivity contribution in [2.24, 2.45) is 0 Å². The minimum atomic E-state index is 0.334. The second kappa shape index (κ2) is 7.17. The topological polar surface area (TPSA) is 65.6 Å². The molecule has 1 saturated heterocycles. The molecule has 1 aliphatic heterocycles. The molecule has 1 aromatic heterocycles. The van der Waals surface area contributed by atoms with E-state index in [0.29, 0.717) is 24.0 Å². The molecule has 6 heteroatoms. The van der Waals surface area contributed by atoms with Crippen LogP contribution in [0.25, 0.3) is 11.4 Å². The van der Waals surface area contributed by atoms with E-state index >= 15 is 0 Å². The van der Waals surface area contributed by atoms with Crippen LogP contribution in [0.1, 0.15) is 11.5 Å². The third kappa shape index (κ3) is 3.55. The molecule has 2 aromatic carbocycles. The van der Waals surface area contributed by atoms with Crippen molar-refractivity contribution in [2.75, 3.05) is 31.1 Å². The Kier molecular flexibility index (Phi) is 4.58. The Morgan fingerprint density at radius 3 is 2.46 bits per heavy atom. The summed E-state index contributed by atoms with van der Waals surface area (Å²) in [5.41, 5.74) is 3.07. The minimum Gasteiger partial charge on any atom is -0.506 e. The minimum absolute atomic E-state index is 0.334. The van der Waals surface area contributed by atoms with E-state index in [1.165, 1.54) is 5.56 Å². The van der Waals surface area contributed by atoms with Crippen LogP contribution >= 0.6 is 0 Å². The number of nitrogens with zero attached hydrogens (tertiary/aromatic N) is 4. The molecular weight excluding hydrogens is 328 g/mol. The molecule has 4 rings (SSSR count). The Morgan fingerprint density at radius 1 is 1.00 bits per heavy atom. The van der Waals surface area contributed by atoms with Crippen LogP contribution in [-0.2, 0) is 6.54 Å². The maximum Gasteiger partial charge on any atom is 0.241 e. The number of hydrogen-bond donors (Lipinski definition) is 1. The number of benzene rings is 2. The number of aromatic nitrogens is 2. The molecule has 0 radical (unpaired) electrons. The monoisotopic (exact) mass is 350 g/mol. The van der Waals surface area contributed by atoms with Crippen molar-refractivity contribution in [3.63, 3.8) is 0 Å². The number of para-hydroxylation sites is 2. The zero-order chi connectivity index (χ0) is 17.9. The smallest absolute Gasteiger partial charge is 0.241 e. The van der Waals surface area contributed by atoms with E-state index in [1.54, 1.807) is 6.07 Å². The summed E-state index contributed by atoms with van der Waals surface area (Å²) >= 11 is 0. The van der Waals surface area contributed by atoms with Crippen LogP contribution < -0.4 is 4.90 Å². The van der Waals surface area contributed by atoms with Crippen molar-refractivity contribution in [2.45, 2.75) is 13.5 Å². The van der Waals surface area contributed by atoms with Crippen molar-refractivity contribution >= 4 is 5.69 Å². The fraction of sp³-hybridized carbons (Fsp3) is 0.300. The van der Waals surface area contributed by atoms with Crippen molar-refractivity contribution in [1.29, 1.82) is 0 Å². The highest BCUT2D eigenvalue weighted by atomic mass is 16.5. The molecule has 26 heavy (non-hydrogen) atoms. The molecule has 0 saturated carbocycles. The summed E-state index contributed by atoms with van der Waals surface area (Å²) in [6, 6.07) is 15.6. The molecule has 1 aliphatic rings. The number of piperazine rings is 1. The van der Waals surface area contributed by atoms with Gasteiger partial charge in [-0.2, -0.15) is 4.98 Å². The summed E-state index contributed by atoms with van der Waals surface area (Å²) in [6.07, 6.45) is 0. The fourth-order valence-electron chi connectivity index (χ4n) is 3.21. The maximum atomic E-state index is 10.0. The fourth-order valence-corrected chi connectivity index (χ4v) is 3.21. The van der Waals surface area contributed by atoms with Crippen molar-refractivity contribution < 1.29 is 9.63 Å². The lowest BCUT2D eigenvalue weighted by Gasteiger charge is -2.35. The van der Waals surface area contributed by atoms with Crippen molar-refractivity contribution in [3.05, 3.63) is 60.0 Å². The van der Waals surface area contributed by atoms with Gasteiger partial charge in [-0.3, -0.25) is 4.90 Å². The second-order valence-corrected chi connectivity index (χ2v) is 6.63. The van der Waals surface area contributed by atoms with Gasteiger partial charge in [-0.05, 0) is 19.1 Å². The van der Waals surface area contributed by atoms with Gasteiger partial charge >= 0.3 is 0 Å². The lowest BCUT2D eigenvalue weighted by atomic mass is 10.1. The molecule has 0 amide bonds. The number of aryl methyl sites for hydroxylation is 1. The van der Waals surface area contributed by atoms with Gasteiger partial charge in [0, 0.05) is 31.7 Å². The quantitative estimate of drug-likeness (QED) is 0.780. The van der Waals surface area contributed by atoms with E-state index in [9.17, 15) is 5.11 Å². The van der Waals surface area contributed by atoms with Crippen LogP contribution in [0.5, 0.6) is 5.75 Å². The van der Waals surface area contributed by atoms with E-state index in [-0.39, 0.29) is 0 Å². The van der Waals surface area contributed by atoms with Crippen LogP contribution in [-0.4, -0.2) is 46.3 Å². The molecule has 3 aromatic rings. The number of anilines is 1. The predicted molar refractivity (Wildman–Crippen MR) is 100 cm³/mol. The third-order valence-electron chi connectivity index (χ3n) is 4.73. The zero-order valence-electron chi connectivity index (χ0n) is 14.8. The second-order valence-electron chi connectivity index (χ2n) is 6.63. The van der Waals surface area contributed by atoms with E-state index in [2.05, 4.69) is 26.9 Å². The van der Waals surface area contributed by atoms with Gasteiger partial charge in [0.05, 0.1) is 12.2 Å². The molecule has 0 aliphatic carbocycles. The lowest BCUT2D eigenvalue weighted by molar-refractivity contribution is 0.215. The van der Waals surface area contributed by atoms with Crippen LogP contribution in [0.3, 0.4) is 0 Å². The molecule has 1 fully saturated rings. The van der Waals surface area contributed by atoms with E-state index in [1.807, 2.05) is 42.5 Å². The van der Waals surface area contributed by atoms with Crippen LogP contribution in [0.15, 0.2) is 53.1 Å². The number of phenolic OH excluding ortho intramolecular Hbond substituents is 1. The standard InChI is InChI=1S/C20H22N4O2/c1-15-6-8-16(9-7-15)20-21-19(26-22-20)14-23-10-12-24(13-11-23)17-4-2-3-5-18(17)25/h2-9,25H,10-14H2,1H3. The summed E-state index contributed by atoms with van der Waals surface area (Å²) in [5.74, 6) is 1.60. The summed E-state index contributed by atoms with van der Waals surface area (Å²) in [6.45, 7) is 6.19. The highest BCUT2D eigenvalue weighted by molar-refractivity contribution is 5.58. The van der Waals surface area contributed by atoms with Gasteiger partial charge in [0.15, 0.2) is 0 Å². The van der Waals surface area contributed by atoms with Gasteiger partial charge in [0.25, 0.3) is 0 Å². The molecular formula is C20H22N4O2. The lowest BCUT2D eigenvalue weighted by Crippen LogP contribution is -2.46. The van der Waals surface area contributed by atoms with Crippen LogP contribution in [0, 0.1) is 6.92 Å². The molecule has 0 bridgehead atoms. The summed E-state index contributed by atoms with van der Waals surface area (Å²) in [4.78, 5) is 9.02. The zero-order valence-corrected chi connectivity index (χ0v) is 14.8. The average molecular weight is 350 g/mol. The Morgan fingerprint density at radius 2 is 1.73 bits per heavy atom. The highest BCUT2D eigenvalue weighted by Crippen LogP contribution is 2.27. The molecule has 6 nitrogen and oxygen atoms in total. The predicted octanol–water partition coefficient (Wildman–Crippen LogP) is 3.07. The first-order valence-corrected chi connectivity index (χ1v) is 8.84. The van der Waals surface area contributed by atoms with E-state index < -0.39 is 0 Å². The number of aromatic hydroxyl groups is 1. The first-order valence-electron chi connectivity index (χ1n) is 8.84. The molecule has 134 valence electrons.